The van der Waals surface area contributed by atoms with Crippen LogP contribution < -0.4 is 9.47 Å². The molecule has 0 aliphatic carbocycles. The summed E-state index contributed by atoms with van der Waals surface area (Å²) in [5.74, 6) is 1.43. The molecule has 2 nitrogen and oxygen atoms in total. The second kappa shape index (κ2) is 7.83. The van der Waals surface area contributed by atoms with Crippen LogP contribution in [0.25, 0.3) is 0 Å². The Morgan fingerprint density at radius 2 is 1.65 bits per heavy atom. The van der Waals surface area contributed by atoms with Gasteiger partial charge in [-0.25, -0.2) is 0 Å². The molecule has 0 saturated heterocycles. The van der Waals surface area contributed by atoms with Crippen LogP contribution >= 0.6 is 23.2 Å². The van der Waals surface area contributed by atoms with E-state index >= 15 is 0 Å². The van der Waals surface area contributed by atoms with Crippen LogP contribution in [0, 0.1) is 0 Å². The quantitative estimate of drug-likeness (QED) is 0.750. The van der Waals surface area contributed by atoms with Gasteiger partial charge >= 0.3 is 0 Å². The predicted octanol–water partition coefficient (Wildman–Crippen LogP) is 4.96. The lowest BCUT2D eigenvalue weighted by Crippen LogP contribution is -1.98. The van der Waals surface area contributed by atoms with Crippen molar-refractivity contribution in [3.63, 3.8) is 0 Å². The van der Waals surface area contributed by atoms with E-state index in [1.165, 1.54) is 5.54 Å². The molecule has 0 unspecified atom stereocenters. The minimum Gasteiger partial charge on any atom is -0.489 e. The van der Waals surface area contributed by atoms with Gasteiger partial charge in [-0.05, 0) is 17.7 Å². The van der Waals surface area contributed by atoms with Crippen LogP contribution in [0.4, 0.5) is 0 Å². The largest absolute Gasteiger partial charge is 0.489 e. The lowest BCUT2D eigenvalue weighted by molar-refractivity contribution is 0.301. The van der Waals surface area contributed by atoms with Crippen molar-refractivity contribution in [1.29, 1.82) is 0 Å². The molecule has 0 aromatic heterocycles. The first-order valence-electron chi connectivity index (χ1n) is 6.12. The number of halogens is 2. The van der Waals surface area contributed by atoms with Gasteiger partial charge in [-0.1, -0.05) is 59.6 Å². The van der Waals surface area contributed by atoms with Crippen LogP contribution in [-0.2, 0) is 6.61 Å². The molecule has 20 heavy (non-hydrogen) atoms. The average Bonchev–Trinajstić information content (AvgIpc) is 2.52. The highest BCUT2D eigenvalue weighted by Crippen LogP contribution is 2.21. The molecule has 2 aromatic carbocycles. The summed E-state index contributed by atoms with van der Waals surface area (Å²) in [6, 6.07) is 17.4. The Morgan fingerprint density at radius 1 is 0.950 bits per heavy atom. The maximum absolute atomic E-state index is 5.77. The smallest absolute Gasteiger partial charge is 0.125 e. The van der Waals surface area contributed by atoms with Crippen molar-refractivity contribution < 1.29 is 9.47 Å². The molecule has 0 heterocycles. The molecule has 0 atom stereocenters. The van der Waals surface area contributed by atoms with E-state index in [2.05, 4.69) is 0 Å². The maximum Gasteiger partial charge on any atom is 0.125 e. The highest BCUT2D eigenvalue weighted by atomic mass is 35.5. The summed E-state index contributed by atoms with van der Waals surface area (Å²) in [4.78, 5) is 0. The zero-order chi connectivity index (χ0) is 14.2. The Hall–Kier alpha value is -1.64. The number of benzene rings is 2. The molecule has 2 rings (SSSR count). The Labute approximate surface area is 128 Å². The number of hydrogen-bond donors (Lipinski definition) is 0. The third-order valence-electron chi connectivity index (χ3n) is 2.55. The fraction of sp³-hybridized carbons (Fsp3) is 0.125. The SMILES string of the molecule is Cl/C=C(\Cl)COc1cccc(OCc2ccccc2)c1. The zero-order valence-corrected chi connectivity index (χ0v) is 12.3. The molecular weight excluding hydrogens is 295 g/mol. The topological polar surface area (TPSA) is 18.5 Å². The van der Waals surface area contributed by atoms with Crippen LogP contribution in [0.1, 0.15) is 5.56 Å². The molecule has 0 fully saturated rings. The van der Waals surface area contributed by atoms with Crippen LogP contribution in [0.3, 0.4) is 0 Å². The summed E-state index contributed by atoms with van der Waals surface area (Å²) in [5, 5.41) is 0.447. The summed E-state index contributed by atoms with van der Waals surface area (Å²) < 4.78 is 11.2. The minimum atomic E-state index is 0.243. The van der Waals surface area contributed by atoms with Crippen molar-refractivity contribution in [1.82, 2.24) is 0 Å². The molecule has 104 valence electrons. The second-order valence-electron chi connectivity index (χ2n) is 4.09. The summed E-state index contributed by atoms with van der Waals surface area (Å²) in [5.41, 5.74) is 2.41. The molecule has 0 radical (unpaired) electrons. The standard InChI is InChI=1S/C16H14Cl2O2/c17-10-14(18)12-20-16-8-4-7-15(9-16)19-11-13-5-2-1-3-6-13/h1-10H,11-12H2/b14-10-. The monoisotopic (exact) mass is 308 g/mol. The Bertz CT molecular complexity index is 568. The van der Waals surface area contributed by atoms with Gasteiger partial charge in [0.15, 0.2) is 0 Å². The first kappa shape index (κ1) is 14.8. The molecule has 0 N–H and O–H groups in total. The van der Waals surface area contributed by atoms with E-state index in [1.807, 2.05) is 54.6 Å². The summed E-state index contributed by atoms with van der Waals surface area (Å²) in [6.45, 7) is 0.764. The maximum atomic E-state index is 5.77. The Kier molecular flexibility index (Phi) is 5.78. The number of hydrogen-bond acceptors (Lipinski definition) is 2. The van der Waals surface area contributed by atoms with Gasteiger partial charge in [-0.2, -0.15) is 0 Å². The fourth-order valence-corrected chi connectivity index (χ4v) is 1.70. The molecule has 0 aliphatic heterocycles. The van der Waals surface area contributed by atoms with E-state index < -0.39 is 0 Å². The van der Waals surface area contributed by atoms with Gasteiger partial charge < -0.3 is 9.47 Å². The Balaban J connectivity index is 1.92. The van der Waals surface area contributed by atoms with Gasteiger partial charge in [0.1, 0.15) is 24.7 Å². The van der Waals surface area contributed by atoms with Gasteiger partial charge in [0, 0.05) is 11.6 Å². The summed E-state index contributed by atoms with van der Waals surface area (Å²) in [7, 11) is 0. The van der Waals surface area contributed by atoms with Crippen molar-refractivity contribution in [3.05, 3.63) is 70.7 Å². The molecule has 0 bridgehead atoms. The lowest BCUT2D eigenvalue weighted by atomic mass is 10.2. The van der Waals surface area contributed by atoms with E-state index in [1.54, 1.807) is 0 Å². The van der Waals surface area contributed by atoms with E-state index in [0.29, 0.717) is 17.4 Å². The van der Waals surface area contributed by atoms with Crippen LogP contribution in [0.2, 0.25) is 0 Å². The molecule has 4 heteroatoms. The second-order valence-corrected chi connectivity index (χ2v) is 4.80. The van der Waals surface area contributed by atoms with E-state index in [9.17, 15) is 0 Å². The third-order valence-corrected chi connectivity index (χ3v) is 3.14. The predicted molar refractivity (Wildman–Crippen MR) is 82.5 cm³/mol. The minimum absolute atomic E-state index is 0.243. The van der Waals surface area contributed by atoms with Crippen LogP contribution in [-0.4, -0.2) is 6.61 Å². The van der Waals surface area contributed by atoms with Gasteiger partial charge in [-0.15, -0.1) is 0 Å². The van der Waals surface area contributed by atoms with Crippen molar-refractivity contribution >= 4 is 23.2 Å². The molecular formula is C16H14Cl2O2. The van der Waals surface area contributed by atoms with Gasteiger partial charge in [0.25, 0.3) is 0 Å². The van der Waals surface area contributed by atoms with Crippen LogP contribution in [0.5, 0.6) is 11.5 Å². The zero-order valence-electron chi connectivity index (χ0n) is 10.8. The normalized spacial score (nSPS) is 11.2. The van der Waals surface area contributed by atoms with Gasteiger partial charge in [0.05, 0.1) is 5.03 Å². The summed E-state index contributed by atoms with van der Waals surface area (Å²) in [6.07, 6.45) is 0. The third kappa shape index (κ3) is 4.80. The molecule has 0 amide bonds. The van der Waals surface area contributed by atoms with E-state index in [-0.39, 0.29) is 6.61 Å². The van der Waals surface area contributed by atoms with Crippen molar-refractivity contribution in [2.75, 3.05) is 6.61 Å². The van der Waals surface area contributed by atoms with Crippen molar-refractivity contribution in [2.45, 2.75) is 6.61 Å². The highest BCUT2D eigenvalue weighted by Gasteiger charge is 2.00. The fourth-order valence-electron chi connectivity index (χ4n) is 1.58. The van der Waals surface area contributed by atoms with E-state index in [4.69, 9.17) is 32.7 Å². The van der Waals surface area contributed by atoms with Gasteiger partial charge in [-0.3, -0.25) is 0 Å². The molecule has 2 aromatic rings. The molecule has 0 aliphatic rings. The van der Waals surface area contributed by atoms with Crippen molar-refractivity contribution in [2.24, 2.45) is 0 Å². The van der Waals surface area contributed by atoms with Gasteiger partial charge in [0.2, 0.25) is 0 Å². The van der Waals surface area contributed by atoms with Crippen LogP contribution in [0.15, 0.2) is 65.2 Å². The first-order valence-corrected chi connectivity index (χ1v) is 6.94. The first-order chi connectivity index (χ1) is 9.78. The molecule has 0 saturated carbocycles. The average molecular weight is 309 g/mol. The number of ether oxygens (including phenoxy) is 2. The number of rotatable bonds is 6. The Morgan fingerprint density at radius 3 is 2.35 bits per heavy atom. The van der Waals surface area contributed by atoms with E-state index in [0.717, 1.165) is 11.3 Å². The molecule has 0 spiro atoms. The highest BCUT2D eigenvalue weighted by molar-refractivity contribution is 6.36. The van der Waals surface area contributed by atoms with Crippen molar-refractivity contribution in [3.8, 4) is 11.5 Å². The lowest BCUT2D eigenvalue weighted by Gasteiger charge is -2.09. The summed E-state index contributed by atoms with van der Waals surface area (Å²) >= 11 is 11.2.